The van der Waals surface area contributed by atoms with Crippen LogP contribution < -0.4 is 16.0 Å². The number of nitrogens with one attached hydrogen (secondary N) is 3. The van der Waals surface area contributed by atoms with Gasteiger partial charge in [-0.3, -0.25) is 14.4 Å². The average Bonchev–Trinajstić information content (AvgIpc) is 2.69. The van der Waals surface area contributed by atoms with Crippen LogP contribution in [0.2, 0.25) is 10.0 Å². The van der Waals surface area contributed by atoms with Crippen LogP contribution >= 0.6 is 23.2 Å². The highest BCUT2D eigenvalue weighted by atomic mass is 35.5. The molecule has 0 aliphatic heterocycles. The Labute approximate surface area is 173 Å². The first kappa shape index (κ1) is 21.7. The van der Waals surface area contributed by atoms with E-state index >= 15 is 0 Å². The van der Waals surface area contributed by atoms with Crippen molar-refractivity contribution in [3.05, 3.63) is 69.7 Å². The van der Waals surface area contributed by atoms with Crippen molar-refractivity contribution in [3.8, 4) is 0 Å². The SMILES string of the molecule is CC(CNC(=O)CNC(=O)CNC(=O)c1ccc(Cl)cc1Cl)c1ccccc1. The van der Waals surface area contributed by atoms with Gasteiger partial charge in [0.1, 0.15) is 0 Å². The van der Waals surface area contributed by atoms with Crippen LogP contribution in [0.1, 0.15) is 28.8 Å². The maximum Gasteiger partial charge on any atom is 0.253 e. The molecule has 2 aromatic carbocycles. The van der Waals surface area contributed by atoms with Crippen LogP contribution in [0.5, 0.6) is 0 Å². The molecule has 0 aliphatic carbocycles. The Kier molecular flexibility index (Phi) is 8.29. The van der Waals surface area contributed by atoms with E-state index in [2.05, 4.69) is 16.0 Å². The van der Waals surface area contributed by atoms with Crippen molar-refractivity contribution < 1.29 is 14.4 Å². The Hall–Kier alpha value is -2.57. The van der Waals surface area contributed by atoms with E-state index in [0.717, 1.165) is 5.56 Å². The first-order valence-corrected chi connectivity index (χ1v) is 9.44. The van der Waals surface area contributed by atoms with E-state index in [9.17, 15) is 14.4 Å². The van der Waals surface area contributed by atoms with E-state index in [1.54, 1.807) is 0 Å². The maximum atomic E-state index is 12.0. The molecule has 0 radical (unpaired) electrons. The van der Waals surface area contributed by atoms with Gasteiger partial charge in [0.25, 0.3) is 5.91 Å². The first-order valence-electron chi connectivity index (χ1n) is 8.68. The normalized spacial score (nSPS) is 11.4. The Morgan fingerprint density at radius 3 is 2.21 bits per heavy atom. The smallest absolute Gasteiger partial charge is 0.253 e. The van der Waals surface area contributed by atoms with Gasteiger partial charge in [0.05, 0.1) is 23.7 Å². The lowest BCUT2D eigenvalue weighted by Crippen LogP contribution is -2.42. The lowest BCUT2D eigenvalue weighted by molar-refractivity contribution is -0.125. The molecule has 2 rings (SSSR count). The van der Waals surface area contributed by atoms with Gasteiger partial charge < -0.3 is 16.0 Å². The van der Waals surface area contributed by atoms with E-state index in [0.29, 0.717) is 11.6 Å². The summed E-state index contributed by atoms with van der Waals surface area (Å²) < 4.78 is 0. The van der Waals surface area contributed by atoms with E-state index in [-0.39, 0.29) is 35.5 Å². The summed E-state index contributed by atoms with van der Waals surface area (Å²) in [7, 11) is 0. The summed E-state index contributed by atoms with van der Waals surface area (Å²) >= 11 is 11.7. The van der Waals surface area contributed by atoms with Gasteiger partial charge in [0, 0.05) is 11.6 Å². The molecule has 3 N–H and O–H groups in total. The summed E-state index contributed by atoms with van der Waals surface area (Å²) in [5, 5.41) is 8.27. The van der Waals surface area contributed by atoms with Gasteiger partial charge in [0.15, 0.2) is 0 Å². The Bertz CT molecular complexity index is 844. The zero-order chi connectivity index (χ0) is 20.5. The summed E-state index contributed by atoms with van der Waals surface area (Å²) in [6.45, 7) is 2.03. The fourth-order valence-corrected chi connectivity index (χ4v) is 2.89. The third-order valence-electron chi connectivity index (χ3n) is 4.01. The fourth-order valence-electron chi connectivity index (χ4n) is 2.40. The van der Waals surface area contributed by atoms with Crippen molar-refractivity contribution in [1.82, 2.24) is 16.0 Å². The van der Waals surface area contributed by atoms with Gasteiger partial charge >= 0.3 is 0 Å². The van der Waals surface area contributed by atoms with Crippen molar-refractivity contribution in [2.75, 3.05) is 19.6 Å². The lowest BCUT2D eigenvalue weighted by Gasteiger charge is -2.13. The van der Waals surface area contributed by atoms with E-state index in [1.165, 1.54) is 18.2 Å². The number of carbonyl (C=O) groups excluding carboxylic acids is 3. The molecule has 0 saturated heterocycles. The molecule has 0 bridgehead atoms. The Balaban J connectivity index is 1.69. The van der Waals surface area contributed by atoms with Crippen molar-refractivity contribution >= 4 is 40.9 Å². The summed E-state index contributed by atoms with van der Waals surface area (Å²) in [5.41, 5.74) is 1.34. The number of halogens is 2. The van der Waals surface area contributed by atoms with Crippen LogP contribution in [0.3, 0.4) is 0 Å². The zero-order valence-electron chi connectivity index (χ0n) is 15.3. The average molecular weight is 422 g/mol. The first-order chi connectivity index (χ1) is 13.4. The van der Waals surface area contributed by atoms with Crippen molar-refractivity contribution in [3.63, 3.8) is 0 Å². The Morgan fingerprint density at radius 1 is 0.893 bits per heavy atom. The van der Waals surface area contributed by atoms with Crippen molar-refractivity contribution in [1.29, 1.82) is 0 Å². The number of hydrogen-bond acceptors (Lipinski definition) is 3. The topological polar surface area (TPSA) is 87.3 Å². The van der Waals surface area contributed by atoms with E-state index < -0.39 is 11.8 Å². The van der Waals surface area contributed by atoms with E-state index in [1.807, 2.05) is 37.3 Å². The highest BCUT2D eigenvalue weighted by Gasteiger charge is 2.13. The van der Waals surface area contributed by atoms with Crippen molar-refractivity contribution in [2.45, 2.75) is 12.8 Å². The van der Waals surface area contributed by atoms with Gasteiger partial charge in [-0.15, -0.1) is 0 Å². The summed E-state index contributed by atoms with van der Waals surface area (Å²) in [4.78, 5) is 35.7. The molecule has 6 nitrogen and oxygen atoms in total. The van der Waals surface area contributed by atoms with Crippen LogP contribution in [-0.2, 0) is 9.59 Å². The minimum Gasteiger partial charge on any atom is -0.354 e. The molecular weight excluding hydrogens is 401 g/mol. The molecule has 2 aromatic rings. The molecule has 0 fully saturated rings. The molecule has 1 unspecified atom stereocenters. The predicted octanol–water partition coefficient (Wildman–Crippen LogP) is 2.76. The largest absolute Gasteiger partial charge is 0.354 e. The third kappa shape index (κ3) is 6.87. The molecule has 0 aromatic heterocycles. The second kappa shape index (κ2) is 10.7. The number of carbonyl (C=O) groups is 3. The monoisotopic (exact) mass is 421 g/mol. The number of rotatable bonds is 8. The minimum absolute atomic E-state index is 0.157. The van der Waals surface area contributed by atoms with Gasteiger partial charge in [-0.05, 0) is 29.7 Å². The van der Waals surface area contributed by atoms with Crippen LogP contribution in [0.25, 0.3) is 0 Å². The molecule has 0 saturated carbocycles. The molecule has 0 heterocycles. The number of amides is 3. The van der Waals surface area contributed by atoms with Crippen molar-refractivity contribution in [2.24, 2.45) is 0 Å². The highest BCUT2D eigenvalue weighted by molar-refractivity contribution is 6.36. The predicted molar refractivity (Wildman–Crippen MR) is 110 cm³/mol. The van der Waals surface area contributed by atoms with Gasteiger partial charge in [-0.25, -0.2) is 0 Å². The van der Waals surface area contributed by atoms with Crippen LogP contribution in [0.15, 0.2) is 48.5 Å². The summed E-state index contributed by atoms with van der Waals surface area (Å²) in [5.74, 6) is -1.13. The summed E-state index contributed by atoms with van der Waals surface area (Å²) in [6.07, 6.45) is 0. The fraction of sp³-hybridized carbons (Fsp3) is 0.250. The second-order valence-corrected chi connectivity index (χ2v) is 7.04. The second-order valence-electron chi connectivity index (χ2n) is 6.20. The molecule has 0 spiro atoms. The standard InChI is InChI=1S/C20H21Cl2N3O3/c1-13(14-5-3-2-4-6-14)10-23-18(26)11-24-19(27)12-25-20(28)16-8-7-15(21)9-17(16)22/h2-9,13H,10-12H2,1H3,(H,23,26)(H,24,27)(H,25,28). The van der Waals surface area contributed by atoms with Crippen LogP contribution in [0.4, 0.5) is 0 Å². The molecule has 0 aliphatic rings. The van der Waals surface area contributed by atoms with E-state index in [4.69, 9.17) is 23.2 Å². The quantitative estimate of drug-likeness (QED) is 0.612. The van der Waals surface area contributed by atoms with Crippen LogP contribution in [-0.4, -0.2) is 37.4 Å². The lowest BCUT2D eigenvalue weighted by atomic mass is 10.0. The molecule has 148 valence electrons. The molecule has 1 atom stereocenters. The highest BCUT2D eigenvalue weighted by Crippen LogP contribution is 2.20. The third-order valence-corrected chi connectivity index (χ3v) is 4.55. The summed E-state index contributed by atoms with van der Waals surface area (Å²) in [6, 6.07) is 14.3. The van der Waals surface area contributed by atoms with Gasteiger partial charge in [0.2, 0.25) is 11.8 Å². The minimum atomic E-state index is -0.502. The molecular formula is C20H21Cl2N3O3. The number of benzene rings is 2. The molecule has 3 amide bonds. The molecule has 8 heteroatoms. The maximum absolute atomic E-state index is 12.0. The Morgan fingerprint density at radius 2 is 1.54 bits per heavy atom. The molecule has 28 heavy (non-hydrogen) atoms. The zero-order valence-corrected chi connectivity index (χ0v) is 16.8. The number of hydrogen-bond donors (Lipinski definition) is 3. The van der Waals surface area contributed by atoms with Gasteiger partial charge in [-0.2, -0.15) is 0 Å². The van der Waals surface area contributed by atoms with Gasteiger partial charge in [-0.1, -0.05) is 60.5 Å². The van der Waals surface area contributed by atoms with Crippen LogP contribution in [0, 0.1) is 0 Å².